The molecule has 1 aromatic rings. The molecule has 2 atom stereocenters. The van der Waals surface area contributed by atoms with Crippen molar-refractivity contribution in [2.45, 2.75) is 45.8 Å². The summed E-state index contributed by atoms with van der Waals surface area (Å²) in [5.74, 6) is 1.42. The van der Waals surface area contributed by atoms with E-state index in [1.807, 2.05) is 19.1 Å². The summed E-state index contributed by atoms with van der Waals surface area (Å²) in [5.41, 5.74) is 0. The van der Waals surface area contributed by atoms with Crippen molar-refractivity contribution in [1.29, 1.82) is 0 Å². The molecule has 0 spiro atoms. The summed E-state index contributed by atoms with van der Waals surface area (Å²) >= 11 is 0. The van der Waals surface area contributed by atoms with Crippen molar-refractivity contribution >= 4 is 6.03 Å². The lowest BCUT2D eigenvalue weighted by atomic mass is 9.92. The van der Waals surface area contributed by atoms with Crippen LogP contribution in [0.3, 0.4) is 0 Å². The lowest BCUT2D eigenvalue weighted by Crippen LogP contribution is -2.47. The number of piperidine rings is 1. The van der Waals surface area contributed by atoms with E-state index < -0.39 is 0 Å². The quantitative estimate of drug-likeness (QED) is 0.802. The molecule has 1 aliphatic heterocycles. The van der Waals surface area contributed by atoms with Crippen LogP contribution in [0.4, 0.5) is 4.79 Å². The Balaban J connectivity index is 1.88. The lowest BCUT2D eigenvalue weighted by molar-refractivity contribution is 0.0715. The monoisotopic (exact) mass is 338 g/mol. The van der Waals surface area contributed by atoms with Gasteiger partial charge in [0.05, 0.1) is 19.0 Å². The van der Waals surface area contributed by atoms with Crippen molar-refractivity contribution in [2.24, 2.45) is 11.8 Å². The van der Waals surface area contributed by atoms with Gasteiger partial charge in [0.2, 0.25) is 0 Å². The lowest BCUT2D eigenvalue weighted by Gasteiger charge is -2.34. The Bertz CT molecular complexity index is 479. The standard InChI is InChI=1S/C18H30N2O4/c1-13(2)11-23-12-16(17-5-4-10-24-17)19-18(22)20-8-6-15(7-9-20)14(3)21/h4-5,10,13-16,21H,6-9,11-12H2,1-3H3,(H,19,22). The molecule has 1 aliphatic rings. The maximum Gasteiger partial charge on any atom is 0.318 e. The normalized spacial score (nSPS) is 18.6. The predicted octanol–water partition coefficient (Wildman–Crippen LogP) is 2.80. The number of rotatable bonds is 7. The van der Waals surface area contributed by atoms with E-state index in [0.717, 1.165) is 12.8 Å². The van der Waals surface area contributed by atoms with E-state index in [1.54, 1.807) is 11.2 Å². The van der Waals surface area contributed by atoms with Crippen LogP contribution in [-0.2, 0) is 4.74 Å². The van der Waals surface area contributed by atoms with Gasteiger partial charge in [0.25, 0.3) is 0 Å². The van der Waals surface area contributed by atoms with Gasteiger partial charge in [-0.25, -0.2) is 4.79 Å². The molecule has 0 aromatic carbocycles. The Morgan fingerprint density at radius 2 is 2.08 bits per heavy atom. The van der Waals surface area contributed by atoms with Gasteiger partial charge in [0.15, 0.2) is 0 Å². The van der Waals surface area contributed by atoms with Gasteiger partial charge in [-0.3, -0.25) is 0 Å². The van der Waals surface area contributed by atoms with Crippen molar-refractivity contribution in [1.82, 2.24) is 10.2 Å². The van der Waals surface area contributed by atoms with Gasteiger partial charge in [-0.05, 0) is 43.7 Å². The van der Waals surface area contributed by atoms with Gasteiger partial charge >= 0.3 is 6.03 Å². The maximum atomic E-state index is 12.5. The minimum atomic E-state index is -0.310. The fourth-order valence-corrected chi connectivity index (χ4v) is 2.93. The fraction of sp³-hybridized carbons (Fsp3) is 0.722. The number of aliphatic hydroxyl groups is 1. The number of furan rings is 1. The highest BCUT2D eigenvalue weighted by Crippen LogP contribution is 2.21. The number of carbonyl (C=O) groups is 1. The molecule has 1 saturated heterocycles. The molecule has 0 bridgehead atoms. The zero-order valence-electron chi connectivity index (χ0n) is 14.9. The maximum absolute atomic E-state index is 12.5. The third-order valence-corrected chi connectivity index (χ3v) is 4.43. The van der Waals surface area contributed by atoms with Gasteiger partial charge in [-0.15, -0.1) is 0 Å². The van der Waals surface area contributed by atoms with Crippen LogP contribution in [0.15, 0.2) is 22.8 Å². The fourth-order valence-electron chi connectivity index (χ4n) is 2.93. The predicted molar refractivity (Wildman–Crippen MR) is 91.6 cm³/mol. The van der Waals surface area contributed by atoms with Crippen LogP contribution in [0.2, 0.25) is 0 Å². The molecule has 1 fully saturated rings. The summed E-state index contributed by atoms with van der Waals surface area (Å²) in [7, 11) is 0. The third-order valence-electron chi connectivity index (χ3n) is 4.43. The Morgan fingerprint density at radius 1 is 1.38 bits per heavy atom. The molecule has 6 heteroatoms. The second kappa shape index (κ2) is 9.08. The largest absolute Gasteiger partial charge is 0.467 e. The van der Waals surface area contributed by atoms with Crippen LogP contribution in [0, 0.1) is 11.8 Å². The summed E-state index contributed by atoms with van der Waals surface area (Å²) in [6, 6.07) is 3.27. The zero-order chi connectivity index (χ0) is 17.5. The summed E-state index contributed by atoms with van der Waals surface area (Å²) < 4.78 is 11.1. The van der Waals surface area contributed by atoms with Crippen LogP contribution in [0.1, 0.15) is 45.4 Å². The highest BCUT2D eigenvalue weighted by Gasteiger charge is 2.27. The molecule has 0 saturated carbocycles. The third kappa shape index (κ3) is 5.53. The molecular weight excluding hydrogens is 308 g/mol. The van der Waals surface area contributed by atoms with Crippen molar-refractivity contribution in [3.8, 4) is 0 Å². The second-order valence-electron chi connectivity index (χ2n) is 7.01. The molecule has 2 amide bonds. The first-order valence-corrected chi connectivity index (χ1v) is 8.82. The van der Waals surface area contributed by atoms with Gasteiger partial charge < -0.3 is 24.5 Å². The second-order valence-corrected chi connectivity index (χ2v) is 7.01. The number of ether oxygens (including phenoxy) is 1. The minimum absolute atomic E-state index is 0.103. The van der Waals surface area contributed by atoms with Gasteiger partial charge in [-0.2, -0.15) is 0 Å². The van der Waals surface area contributed by atoms with Crippen molar-refractivity contribution in [3.63, 3.8) is 0 Å². The van der Waals surface area contributed by atoms with Crippen LogP contribution in [0.5, 0.6) is 0 Å². The molecule has 2 rings (SSSR count). The number of amides is 2. The van der Waals surface area contributed by atoms with E-state index in [1.165, 1.54) is 0 Å². The van der Waals surface area contributed by atoms with E-state index in [9.17, 15) is 9.90 Å². The molecule has 6 nitrogen and oxygen atoms in total. The highest BCUT2D eigenvalue weighted by atomic mass is 16.5. The zero-order valence-corrected chi connectivity index (χ0v) is 14.9. The Morgan fingerprint density at radius 3 is 2.62 bits per heavy atom. The van der Waals surface area contributed by atoms with Gasteiger partial charge in [0.1, 0.15) is 11.8 Å². The molecular formula is C18H30N2O4. The average molecular weight is 338 g/mol. The topological polar surface area (TPSA) is 74.9 Å². The van der Waals surface area contributed by atoms with Crippen molar-refractivity contribution < 1.29 is 19.1 Å². The summed E-state index contributed by atoms with van der Waals surface area (Å²) in [6.45, 7) is 8.37. The number of aliphatic hydroxyl groups excluding tert-OH is 1. The molecule has 0 aliphatic carbocycles. The number of hydrogen-bond acceptors (Lipinski definition) is 4. The van der Waals surface area contributed by atoms with Crippen LogP contribution >= 0.6 is 0 Å². The summed E-state index contributed by atoms with van der Waals surface area (Å²) in [4.78, 5) is 14.3. The highest BCUT2D eigenvalue weighted by molar-refractivity contribution is 5.74. The number of carbonyl (C=O) groups excluding carboxylic acids is 1. The van der Waals surface area contributed by atoms with Crippen LogP contribution in [-0.4, -0.2) is 48.4 Å². The molecule has 2 heterocycles. The number of likely N-dealkylation sites (tertiary alicyclic amines) is 1. The van der Waals surface area contributed by atoms with E-state index in [2.05, 4.69) is 19.2 Å². The van der Waals surface area contributed by atoms with Crippen LogP contribution in [0.25, 0.3) is 0 Å². The SMILES string of the molecule is CC(C)COCC(NC(=O)N1CCC(C(C)O)CC1)c1ccco1. The van der Waals surface area contributed by atoms with E-state index >= 15 is 0 Å². The molecule has 2 N–H and O–H groups in total. The van der Waals surface area contributed by atoms with E-state index in [0.29, 0.717) is 38.0 Å². The summed E-state index contributed by atoms with van der Waals surface area (Å²) in [6.07, 6.45) is 2.96. The molecule has 24 heavy (non-hydrogen) atoms. The van der Waals surface area contributed by atoms with E-state index in [4.69, 9.17) is 9.15 Å². The average Bonchev–Trinajstić information content (AvgIpc) is 3.08. The van der Waals surface area contributed by atoms with Crippen LogP contribution < -0.4 is 5.32 Å². The summed E-state index contributed by atoms with van der Waals surface area (Å²) in [5, 5.41) is 12.7. The number of hydrogen-bond donors (Lipinski definition) is 2. The van der Waals surface area contributed by atoms with Gasteiger partial charge in [-0.1, -0.05) is 13.8 Å². The molecule has 0 radical (unpaired) electrons. The molecule has 1 aromatic heterocycles. The number of urea groups is 1. The number of nitrogens with one attached hydrogen (secondary N) is 1. The Kier molecular flexibility index (Phi) is 7.12. The van der Waals surface area contributed by atoms with Gasteiger partial charge in [0, 0.05) is 19.7 Å². The number of nitrogens with zero attached hydrogens (tertiary/aromatic N) is 1. The first kappa shape index (κ1) is 18.8. The first-order chi connectivity index (χ1) is 11.5. The van der Waals surface area contributed by atoms with Crippen molar-refractivity contribution in [3.05, 3.63) is 24.2 Å². The Hall–Kier alpha value is -1.53. The van der Waals surface area contributed by atoms with Crippen molar-refractivity contribution in [2.75, 3.05) is 26.3 Å². The van der Waals surface area contributed by atoms with E-state index in [-0.39, 0.29) is 24.1 Å². The Labute approximate surface area is 144 Å². The molecule has 2 unspecified atom stereocenters. The first-order valence-electron chi connectivity index (χ1n) is 8.82. The minimum Gasteiger partial charge on any atom is -0.467 e. The smallest absolute Gasteiger partial charge is 0.318 e. The molecule has 136 valence electrons.